The molecule has 2 aromatic carbocycles. The van der Waals surface area contributed by atoms with Crippen molar-refractivity contribution in [3.63, 3.8) is 0 Å². The summed E-state index contributed by atoms with van der Waals surface area (Å²) in [6.45, 7) is 2.80. The van der Waals surface area contributed by atoms with Crippen LogP contribution in [0.1, 0.15) is 24.8 Å². The summed E-state index contributed by atoms with van der Waals surface area (Å²) in [5, 5.41) is 1.85. The van der Waals surface area contributed by atoms with E-state index in [4.69, 9.17) is 0 Å². The van der Waals surface area contributed by atoms with Crippen LogP contribution in [0.25, 0.3) is 0 Å². The highest BCUT2D eigenvalue weighted by molar-refractivity contribution is 8.01. The molecule has 0 aromatic heterocycles. The number of aryl methyl sites for hydroxylation is 1. The number of benzene rings is 2. The lowest BCUT2D eigenvalue weighted by Crippen LogP contribution is -2.52. The van der Waals surface area contributed by atoms with Crippen LogP contribution >= 0.6 is 11.8 Å². The van der Waals surface area contributed by atoms with Crippen molar-refractivity contribution in [2.24, 2.45) is 0 Å². The number of thioether (sulfide) groups is 1. The summed E-state index contributed by atoms with van der Waals surface area (Å²) in [6, 6.07) is 11.4. The first-order chi connectivity index (χ1) is 14.9. The van der Waals surface area contributed by atoms with Gasteiger partial charge >= 0.3 is 0 Å². The Morgan fingerprint density at radius 3 is 2.61 bits per heavy atom. The van der Waals surface area contributed by atoms with Crippen molar-refractivity contribution in [1.82, 2.24) is 4.90 Å². The fourth-order valence-electron chi connectivity index (χ4n) is 3.92. The molecule has 6 nitrogen and oxygen atoms in total. The van der Waals surface area contributed by atoms with Gasteiger partial charge in [-0.15, -0.1) is 11.8 Å². The van der Waals surface area contributed by atoms with Crippen LogP contribution in [0.4, 0.5) is 15.8 Å². The third-order valence-corrected chi connectivity index (χ3v) is 6.79. The highest BCUT2D eigenvalue weighted by Gasteiger charge is 2.41. The number of nitrogens with one attached hydrogen (secondary N) is 1. The molecule has 4 rings (SSSR count). The molecule has 0 bridgehead atoms. The van der Waals surface area contributed by atoms with E-state index in [9.17, 15) is 18.8 Å². The van der Waals surface area contributed by atoms with Crippen LogP contribution < -0.4 is 10.2 Å². The quantitative estimate of drug-likeness (QED) is 0.737. The van der Waals surface area contributed by atoms with Gasteiger partial charge in [-0.05, 0) is 62.1 Å². The van der Waals surface area contributed by atoms with Crippen molar-refractivity contribution in [2.75, 3.05) is 29.9 Å². The molecule has 0 spiro atoms. The van der Waals surface area contributed by atoms with Crippen molar-refractivity contribution in [1.29, 1.82) is 0 Å². The lowest BCUT2D eigenvalue weighted by atomic mass is 10.1. The molecule has 162 valence electrons. The number of rotatable bonds is 4. The molecule has 1 N–H and O–H groups in total. The molecule has 0 saturated carbocycles. The van der Waals surface area contributed by atoms with Crippen molar-refractivity contribution >= 4 is 40.9 Å². The van der Waals surface area contributed by atoms with Crippen molar-refractivity contribution < 1.29 is 18.8 Å². The number of carbonyl (C=O) groups excluding carboxylic acids is 3. The highest BCUT2D eigenvalue weighted by atomic mass is 32.2. The number of fused-ring (bicyclic) bond motifs is 1. The van der Waals surface area contributed by atoms with Gasteiger partial charge in [-0.25, -0.2) is 4.39 Å². The largest absolute Gasteiger partial charge is 0.341 e. The van der Waals surface area contributed by atoms with E-state index >= 15 is 0 Å². The Morgan fingerprint density at radius 2 is 1.87 bits per heavy atom. The molecular weight excluding hydrogens is 417 g/mol. The number of carbonyl (C=O) groups is 3. The lowest BCUT2D eigenvalue weighted by Gasteiger charge is -2.36. The van der Waals surface area contributed by atoms with Gasteiger partial charge in [-0.1, -0.05) is 12.1 Å². The Bertz CT molecular complexity index is 1020. The molecule has 2 heterocycles. The Kier molecular flexibility index (Phi) is 6.27. The predicted molar refractivity (Wildman–Crippen MR) is 119 cm³/mol. The zero-order valence-corrected chi connectivity index (χ0v) is 18.1. The summed E-state index contributed by atoms with van der Waals surface area (Å²) in [6.07, 6.45) is 2.97. The van der Waals surface area contributed by atoms with E-state index in [0.717, 1.165) is 24.2 Å². The number of likely N-dealkylation sites (tertiary alicyclic amines) is 1. The van der Waals surface area contributed by atoms with Gasteiger partial charge in [0.1, 0.15) is 12.4 Å². The van der Waals surface area contributed by atoms with Crippen molar-refractivity contribution in [3.05, 3.63) is 53.8 Å². The van der Waals surface area contributed by atoms with Crippen LogP contribution in [0, 0.1) is 12.7 Å². The van der Waals surface area contributed by atoms with Crippen LogP contribution in [-0.4, -0.2) is 47.5 Å². The van der Waals surface area contributed by atoms with Gasteiger partial charge in [0.2, 0.25) is 11.8 Å². The third-order valence-electron chi connectivity index (χ3n) is 5.55. The summed E-state index contributed by atoms with van der Waals surface area (Å²) in [7, 11) is 0. The summed E-state index contributed by atoms with van der Waals surface area (Å²) < 4.78 is 13.3. The second-order valence-electron chi connectivity index (χ2n) is 7.78. The molecule has 0 aliphatic carbocycles. The van der Waals surface area contributed by atoms with Gasteiger partial charge in [0.15, 0.2) is 5.25 Å². The maximum Gasteiger partial charge on any atom is 0.250 e. The first kappa shape index (κ1) is 21.4. The Hall–Kier alpha value is -2.87. The number of halogens is 1. The van der Waals surface area contributed by atoms with E-state index < -0.39 is 11.2 Å². The second kappa shape index (κ2) is 9.09. The molecule has 31 heavy (non-hydrogen) atoms. The van der Waals surface area contributed by atoms with E-state index in [1.54, 1.807) is 24.0 Å². The molecule has 3 amide bonds. The van der Waals surface area contributed by atoms with E-state index in [-0.39, 0.29) is 24.2 Å². The average Bonchev–Trinajstić information content (AvgIpc) is 2.77. The summed E-state index contributed by atoms with van der Waals surface area (Å²) in [5.74, 6) is -1.37. The van der Waals surface area contributed by atoms with Gasteiger partial charge in [0, 0.05) is 23.7 Å². The first-order valence-corrected chi connectivity index (χ1v) is 11.2. The number of anilines is 2. The second-order valence-corrected chi connectivity index (χ2v) is 8.93. The van der Waals surface area contributed by atoms with Crippen LogP contribution in [0.15, 0.2) is 47.4 Å². The minimum Gasteiger partial charge on any atom is -0.341 e. The molecule has 8 heteroatoms. The Labute approximate surface area is 184 Å². The molecule has 1 atom stereocenters. The molecule has 1 unspecified atom stereocenters. The van der Waals surface area contributed by atoms with Crippen molar-refractivity contribution in [2.45, 2.75) is 36.3 Å². The Balaban J connectivity index is 1.55. The van der Waals surface area contributed by atoms with E-state index in [0.29, 0.717) is 30.0 Å². The number of nitrogens with zero attached hydrogens (tertiary/aromatic N) is 2. The van der Waals surface area contributed by atoms with Crippen LogP contribution in [0.3, 0.4) is 0 Å². The molecule has 1 saturated heterocycles. The molecule has 2 aromatic rings. The number of hydrogen-bond acceptors (Lipinski definition) is 4. The SMILES string of the molecule is Cc1cc(F)ccc1NC(=O)CN1C(=O)C(C(=O)N2CCCCC2)Sc2ccccc21. The van der Waals surface area contributed by atoms with Gasteiger partial charge in [0.25, 0.3) is 5.91 Å². The average molecular weight is 442 g/mol. The minimum atomic E-state index is -0.895. The van der Waals surface area contributed by atoms with E-state index in [1.807, 2.05) is 12.1 Å². The maximum atomic E-state index is 13.3. The van der Waals surface area contributed by atoms with Crippen molar-refractivity contribution in [3.8, 4) is 0 Å². The predicted octanol–water partition coefficient (Wildman–Crippen LogP) is 3.59. The summed E-state index contributed by atoms with van der Waals surface area (Å²) in [5.41, 5.74) is 1.69. The maximum absolute atomic E-state index is 13.3. The highest BCUT2D eigenvalue weighted by Crippen LogP contribution is 2.40. The first-order valence-electron chi connectivity index (χ1n) is 10.4. The lowest BCUT2D eigenvalue weighted by molar-refractivity contribution is -0.135. The normalized spacial score (nSPS) is 18.5. The van der Waals surface area contributed by atoms with Crippen LogP contribution in [0.2, 0.25) is 0 Å². The zero-order chi connectivity index (χ0) is 22.0. The number of amides is 3. The molecule has 1 fully saturated rings. The number of hydrogen-bond donors (Lipinski definition) is 1. The Morgan fingerprint density at radius 1 is 1.13 bits per heavy atom. The molecular formula is C23H24FN3O3S. The third kappa shape index (κ3) is 4.58. The fraction of sp³-hybridized carbons (Fsp3) is 0.348. The number of piperidine rings is 1. The van der Waals surface area contributed by atoms with Crippen LogP contribution in [0.5, 0.6) is 0 Å². The zero-order valence-electron chi connectivity index (χ0n) is 17.3. The molecule has 2 aliphatic rings. The van der Waals surface area contributed by atoms with Gasteiger partial charge in [-0.3, -0.25) is 14.4 Å². The summed E-state index contributed by atoms with van der Waals surface area (Å²) >= 11 is 1.25. The van der Waals surface area contributed by atoms with Gasteiger partial charge in [-0.2, -0.15) is 0 Å². The molecule has 2 aliphatic heterocycles. The standard InChI is InChI=1S/C23H24FN3O3S/c1-15-13-16(24)9-10-17(15)25-20(28)14-27-18-7-3-4-8-19(18)31-21(23(27)30)22(29)26-11-5-2-6-12-26/h3-4,7-10,13,21H,2,5-6,11-12,14H2,1H3,(H,25,28). The number of para-hydroxylation sites is 1. The van der Waals surface area contributed by atoms with E-state index in [2.05, 4.69) is 5.32 Å². The smallest absolute Gasteiger partial charge is 0.250 e. The fourth-order valence-corrected chi connectivity index (χ4v) is 5.11. The van der Waals surface area contributed by atoms with Gasteiger partial charge < -0.3 is 15.1 Å². The van der Waals surface area contributed by atoms with E-state index in [1.165, 1.54) is 34.9 Å². The minimum absolute atomic E-state index is 0.191. The molecule has 0 radical (unpaired) electrons. The monoisotopic (exact) mass is 441 g/mol. The van der Waals surface area contributed by atoms with Crippen LogP contribution in [-0.2, 0) is 14.4 Å². The van der Waals surface area contributed by atoms with Gasteiger partial charge in [0.05, 0.1) is 5.69 Å². The summed E-state index contributed by atoms with van der Waals surface area (Å²) in [4.78, 5) is 43.1. The topological polar surface area (TPSA) is 69.7 Å².